The van der Waals surface area contributed by atoms with Crippen LogP contribution in [0, 0.1) is 13.8 Å². The van der Waals surface area contributed by atoms with Crippen molar-refractivity contribution in [2.45, 2.75) is 13.8 Å². The van der Waals surface area contributed by atoms with E-state index in [0.29, 0.717) is 29.9 Å². The van der Waals surface area contributed by atoms with E-state index in [1.165, 1.54) is 0 Å². The van der Waals surface area contributed by atoms with Crippen LogP contribution in [-0.2, 0) is 0 Å². The highest BCUT2D eigenvalue weighted by Crippen LogP contribution is 2.21. The van der Waals surface area contributed by atoms with E-state index in [4.69, 9.17) is 0 Å². The van der Waals surface area contributed by atoms with Crippen LogP contribution in [0.15, 0.2) is 42.5 Å². The van der Waals surface area contributed by atoms with Gasteiger partial charge in [0.2, 0.25) is 0 Å². The maximum Gasteiger partial charge on any atom is 0.321 e. The van der Waals surface area contributed by atoms with Crippen molar-refractivity contribution < 1.29 is 9.59 Å². The molecule has 0 bridgehead atoms. The fraction of sp³-hybridized carbons (Fsp3) is 0.200. The predicted octanol–water partition coefficient (Wildman–Crippen LogP) is 3.03. The van der Waals surface area contributed by atoms with Crippen molar-refractivity contribution in [2.24, 2.45) is 0 Å². The van der Waals surface area contributed by atoms with E-state index in [0.717, 1.165) is 22.6 Å². The summed E-state index contributed by atoms with van der Waals surface area (Å²) < 4.78 is 0. The van der Waals surface area contributed by atoms with Crippen LogP contribution in [0.1, 0.15) is 21.7 Å². The number of rotatable bonds is 3. The van der Waals surface area contributed by atoms with Crippen molar-refractivity contribution in [1.29, 1.82) is 0 Å². The first-order chi connectivity index (χ1) is 13.0. The van der Waals surface area contributed by atoms with Crippen LogP contribution in [0.3, 0.4) is 0 Å². The molecule has 3 amide bonds. The van der Waals surface area contributed by atoms with Gasteiger partial charge in [0.25, 0.3) is 5.91 Å². The summed E-state index contributed by atoms with van der Waals surface area (Å²) in [4.78, 5) is 34.9. The van der Waals surface area contributed by atoms with Crippen LogP contribution in [0.4, 0.5) is 16.2 Å². The molecule has 7 heteroatoms. The highest BCUT2D eigenvalue weighted by molar-refractivity contribution is 6.06. The Balaban J connectivity index is 1.52. The van der Waals surface area contributed by atoms with Gasteiger partial charge in [0.1, 0.15) is 0 Å². The molecular formula is C20H19N5O2. The number of nitrogens with one attached hydrogen (secondary N) is 2. The molecule has 2 N–H and O–H groups in total. The fourth-order valence-corrected chi connectivity index (χ4v) is 3.02. The standard InChI is InChI=1S/C20H19N5O2/c1-12-13(2)23-18-11-14(3-8-17(18)22-12)19(26)24-15-4-6-16(7-5-15)25-10-9-21-20(25)27/h3-8,11H,9-10H2,1-2H3,(H,21,27)(H,24,26). The first kappa shape index (κ1) is 17.0. The van der Waals surface area contributed by atoms with Crippen LogP contribution in [-0.4, -0.2) is 35.0 Å². The summed E-state index contributed by atoms with van der Waals surface area (Å²) in [5.41, 5.74) is 5.17. The van der Waals surface area contributed by atoms with Gasteiger partial charge in [-0.05, 0) is 56.3 Å². The summed E-state index contributed by atoms with van der Waals surface area (Å²) in [6.45, 7) is 5.09. The van der Waals surface area contributed by atoms with Gasteiger partial charge >= 0.3 is 6.03 Å². The summed E-state index contributed by atoms with van der Waals surface area (Å²) in [7, 11) is 0. The SMILES string of the molecule is Cc1nc2ccc(C(=O)Nc3ccc(N4CCNC4=O)cc3)cc2nc1C. The van der Waals surface area contributed by atoms with Crippen molar-refractivity contribution in [2.75, 3.05) is 23.3 Å². The smallest absolute Gasteiger partial charge is 0.321 e. The molecule has 4 rings (SSSR count). The van der Waals surface area contributed by atoms with Crippen LogP contribution in [0.5, 0.6) is 0 Å². The number of carbonyl (C=O) groups excluding carboxylic acids is 2. The quantitative estimate of drug-likeness (QED) is 0.751. The normalized spacial score (nSPS) is 13.7. The van der Waals surface area contributed by atoms with Crippen LogP contribution >= 0.6 is 0 Å². The number of urea groups is 1. The van der Waals surface area contributed by atoms with E-state index < -0.39 is 0 Å². The van der Waals surface area contributed by atoms with Gasteiger partial charge in [-0.15, -0.1) is 0 Å². The summed E-state index contributed by atoms with van der Waals surface area (Å²) in [5, 5.41) is 5.64. The Morgan fingerprint density at radius 1 is 1.04 bits per heavy atom. The Bertz CT molecular complexity index is 1050. The number of hydrogen-bond donors (Lipinski definition) is 2. The lowest BCUT2D eigenvalue weighted by Gasteiger charge is -2.14. The second kappa shape index (κ2) is 6.68. The summed E-state index contributed by atoms with van der Waals surface area (Å²) >= 11 is 0. The number of anilines is 2. The molecule has 1 aliphatic heterocycles. The molecule has 0 unspecified atom stereocenters. The van der Waals surface area contributed by atoms with E-state index in [2.05, 4.69) is 20.6 Å². The third kappa shape index (κ3) is 3.31. The fourth-order valence-electron chi connectivity index (χ4n) is 3.02. The molecule has 1 aliphatic rings. The topological polar surface area (TPSA) is 87.2 Å². The van der Waals surface area contributed by atoms with Crippen molar-refractivity contribution in [3.05, 3.63) is 59.4 Å². The largest absolute Gasteiger partial charge is 0.336 e. The summed E-state index contributed by atoms with van der Waals surface area (Å²) in [6, 6.07) is 12.4. The Morgan fingerprint density at radius 3 is 2.41 bits per heavy atom. The highest BCUT2D eigenvalue weighted by atomic mass is 16.2. The number of fused-ring (bicyclic) bond motifs is 1. The van der Waals surface area contributed by atoms with Gasteiger partial charge in [-0.2, -0.15) is 0 Å². The van der Waals surface area contributed by atoms with Gasteiger partial charge in [0.05, 0.1) is 22.4 Å². The molecule has 7 nitrogen and oxygen atoms in total. The van der Waals surface area contributed by atoms with E-state index >= 15 is 0 Å². The second-order valence-electron chi connectivity index (χ2n) is 6.48. The third-order valence-corrected chi connectivity index (χ3v) is 4.63. The zero-order valence-corrected chi connectivity index (χ0v) is 15.1. The zero-order valence-electron chi connectivity index (χ0n) is 15.1. The first-order valence-electron chi connectivity index (χ1n) is 8.73. The molecule has 1 saturated heterocycles. The summed E-state index contributed by atoms with van der Waals surface area (Å²) in [5.74, 6) is -0.219. The number of benzene rings is 2. The number of aromatic nitrogens is 2. The first-order valence-corrected chi connectivity index (χ1v) is 8.73. The minimum absolute atomic E-state index is 0.102. The Hall–Kier alpha value is -3.48. The van der Waals surface area contributed by atoms with Crippen LogP contribution in [0.25, 0.3) is 11.0 Å². The van der Waals surface area contributed by atoms with Crippen molar-refractivity contribution in [1.82, 2.24) is 15.3 Å². The summed E-state index contributed by atoms with van der Waals surface area (Å²) in [6.07, 6.45) is 0. The molecule has 1 aromatic heterocycles. The molecular weight excluding hydrogens is 342 g/mol. The second-order valence-corrected chi connectivity index (χ2v) is 6.48. The van der Waals surface area contributed by atoms with E-state index in [9.17, 15) is 9.59 Å². The number of aryl methyl sites for hydroxylation is 2. The van der Waals surface area contributed by atoms with Crippen LogP contribution < -0.4 is 15.5 Å². The molecule has 0 atom stereocenters. The maximum atomic E-state index is 12.6. The minimum Gasteiger partial charge on any atom is -0.336 e. The van der Waals surface area contributed by atoms with Gasteiger partial charge < -0.3 is 10.6 Å². The lowest BCUT2D eigenvalue weighted by atomic mass is 10.1. The Labute approximate surface area is 156 Å². The molecule has 0 spiro atoms. The van der Waals surface area contributed by atoms with Crippen molar-refractivity contribution in [3.8, 4) is 0 Å². The highest BCUT2D eigenvalue weighted by Gasteiger charge is 2.20. The number of carbonyl (C=O) groups is 2. The average Bonchev–Trinajstić information content (AvgIpc) is 3.09. The van der Waals surface area contributed by atoms with Crippen molar-refractivity contribution in [3.63, 3.8) is 0 Å². The van der Waals surface area contributed by atoms with E-state index in [1.807, 2.05) is 26.0 Å². The Kier molecular flexibility index (Phi) is 4.19. The molecule has 136 valence electrons. The van der Waals surface area contributed by atoms with Gasteiger partial charge in [0, 0.05) is 30.0 Å². The molecule has 1 fully saturated rings. The zero-order chi connectivity index (χ0) is 19.0. The third-order valence-electron chi connectivity index (χ3n) is 4.63. The number of nitrogens with zero attached hydrogens (tertiary/aromatic N) is 3. The number of amides is 3. The lowest BCUT2D eigenvalue weighted by molar-refractivity contribution is 0.102. The van der Waals surface area contributed by atoms with Crippen LogP contribution in [0.2, 0.25) is 0 Å². The Morgan fingerprint density at radius 2 is 1.74 bits per heavy atom. The van der Waals surface area contributed by atoms with Gasteiger partial charge in [-0.1, -0.05) is 0 Å². The molecule has 3 aromatic rings. The molecule has 0 aliphatic carbocycles. The average molecular weight is 361 g/mol. The predicted molar refractivity (Wildman–Crippen MR) is 104 cm³/mol. The number of hydrogen-bond acceptors (Lipinski definition) is 4. The molecule has 2 heterocycles. The molecule has 27 heavy (non-hydrogen) atoms. The lowest BCUT2D eigenvalue weighted by Crippen LogP contribution is -2.27. The minimum atomic E-state index is -0.219. The van der Waals surface area contributed by atoms with Crippen molar-refractivity contribution >= 4 is 34.3 Å². The maximum absolute atomic E-state index is 12.6. The van der Waals surface area contributed by atoms with Gasteiger partial charge in [0.15, 0.2) is 0 Å². The van der Waals surface area contributed by atoms with E-state index in [1.54, 1.807) is 35.2 Å². The molecule has 0 radical (unpaired) electrons. The van der Waals surface area contributed by atoms with E-state index in [-0.39, 0.29) is 11.9 Å². The monoisotopic (exact) mass is 361 g/mol. The molecule has 0 saturated carbocycles. The van der Waals surface area contributed by atoms with Gasteiger partial charge in [-0.25, -0.2) is 14.8 Å². The van der Waals surface area contributed by atoms with Gasteiger partial charge in [-0.3, -0.25) is 9.69 Å². The molecule has 2 aromatic carbocycles.